The minimum Gasteiger partial charge on any atom is -0.391 e. The Morgan fingerprint density at radius 2 is 1.79 bits per heavy atom. The highest BCUT2D eigenvalue weighted by Gasteiger charge is 2.44. The lowest BCUT2D eigenvalue weighted by atomic mass is 9.85. The smallest absolute Gasteiger partial charge is 0.246 e. The number of aliphatic hydroxyl groups excluding tert-OH is 1. The summed E-state index contributed by atoms with van der Waals surface area (Å²) < 4.78 is 1.95. The molecule has 2 saturated heterocycles. The molecule has 11 heteroatoms. The average molecular weight is 582 g/mol. The molecule has 3 amide bonds. The fourth-order valence-electron chi connectivity index (χ4n) is 5.88. The molecule has 3 heterocycles. The Kier molecular flexibility index (Phi) is 10.4. The van der Waals surface area contributed by atoms with Crippen LogP contribution in [0.25, 0.3) is 11.3 Å². The largest absolute Gasteiger partial charge is 0.391 e. The highest BCUT2D eigenvalue weighted by molar-refractivity contribution is 5.93. The van der Waals surface area contributed by atoms with Crippen molar-refractivity contribution in [1.29, 1.82) is 0 Å². The van der Waals surface area contributed by atoms with Gasteiger partial charge in [-0.2, -0.15) is 5.10 Å². The van der Waals surface area contributed by atoms with Gasteiger partial charge in [-0.15, -0.1) is 0 Å². The number of carbonyl (C=O) groups is 3. The standard InChI is InChI=1S/C31H47N7O4/c1-6-38-26(11-13-33-38)23-9-7-22(8-10-23)25(12-16-36-17-14-32-15-18-36)35-29(41)27-19-24(40)20-37(27)30(42)28(31(3,4)5)34-21(2)39/h7-11,13,24-25,27-28,32,40H,6,12,14-20H2,1-5H3,(H,34,39)(H,35,41)/t24-,25+,27+,28-/m1/s1. The predicted molar refractivity (Wildman–Crippen MR) is 161 cm³/mol. The summed E-state index contributed by atoms with van der Waals surface area (Å²) in [6.45, 7) is 14.5. The number of aromatic nitrogens is 2. The van der Waals surface area contributed by atoms with Gasteiger partial charge in [0.15, 0.2) is 0 Å². The maximum Gasteiger partial charge on any atom is 0.246 e. The number of hydrogen-bond donors (Lipinski definition) is 4. The molecule has 2 fully saturated rings. The number of hydrogen-bond acceptors (Lipinski definition) is 7. The molecule has 42 heavy (non-hydrogen) atoms. The summed E-state index contributed by atoms with van der Waals surface area (Å²) in [4.78, 5) is 43.3. The molecule has 0 unspecified atom stereocenters. The highest BCUT2D eigenvalue weighted by atomic mass is 16.3. The quantitative estimate of drug-likeness (QED) is 0.335. The molecule has 0 spiro atoms. The summed E-state index contributed by atoms with van der Waals surface area (Å²) in [5, 5.41) is 24.3. The summed E-state index contributed by atoms with van der Waals surface area (Å²) >= 11 is 0. The van der Waals surface area contributed by atoms with Crippen molar-refractivity contribution in [1.82, 2.24) is 35.5 Å². The van der Waals surface area contributed by atoms with Gasteiger partial charge in [0, 0.05) is 65.4 Å². The van der Waals surface area contributed by atoms with E-state index in [-0.39, 0.29) is 36.7 Å². The van der Waals surface area contributed by atoms with Crippen molar-refractivity contribution in [3.63, 3.8) is 0 Å². The zero-order valence-electron chi connectivity index (χ0n) is 25.6. The van der Waals surface area contributed by atoms with Crippen LogP contribution < -0.4 is 16.0 Å². The van der Waals surface area contributed by atoms with E-state index < -0.39 is 23.6 Å². The first kappa shape index (κ1) is 31.7. The van der Waals surface area contributed by atoms with Crippen molar-refractivity contribution in [2.45, 2.75) is 78.2 Å². The first-order chi connectivity index (χ1) is 20.0. The number of aryl methyl sites for hydroxylation is 1. The summed E-state index contributed by atoms with van der Waals surface area (Å²) in [7, 11) is 0. The van der Waals surface area contributed by atoms with E-state index in [1.54, 1.807) is 6.20 Å². The Morgan fingerprint density at radius 3 is 2.40 bits per heavy atom. The predicted octanol–water partition coefficient (Wildman–Crippen LogP) is 1.54. The van der Waals surface area contributed by atoms with Gasteiger partial charge in [-0.1, -0.05) is 45.0 Å². The van der Waals surface area contributed by atoms with E-state index in [4.69, 9.17) is 0 Å². The van der Waals surface area contributed by atoms with E-state index in [1.807, 2.05) is 43.7 Å². The fourth-order valence-corrected chi connectivity index (χ4v) is 5.88. The molecule has 1 aromatic carbocycles. The molecule has 0 radical (unpaired) electrons. The third kappa shape index (κ3) is 7.76. The molecule has 1 aromatic heterocycles. The molecule has 2 aromatic rings. The van der Waals surface area contributed by atoms with Crippen molar-refractivity contribution in [3.8, 4) is 11.3 Å². The molecule has 230 valence electrons. The number of nitrogens with one attached hydrogen (secondary N) is 3. The van der Waals surface area contributed by atoms with Gasteiger partial charge in [0.2, 0.25) is 17.7 Å². The van der Waals surface area contributed by atoms with E-state index >= 15 is 0 Å². The number of amides is 3. The number of β-amino-alcohol motifs (C(OH)–C–C–N with tert-alkyl or cyclic N) is 1. The van der Waals surface area contributed by atoms with E-state index in [2.05, 4.69) is 45.0 Å². The van der Waals surface area contributed by atoms with Crippen LogP contribution >= 0.6 is 0 Å². The minimum atomic E-state index is -0.828. The lowest BCUT2D eigenvalue weighted by Crippen LogP contribution is -2.57. The number of rotatable bonds is 10. The van der Waals surface area contributed by atoms with E-state index in [0.717, 1.165) is 56.1 Å². The first-order valence-corrected chi connectivity index (χ1v) is 15.1. The number of benzene rings is 1. The molecule has 0 saturated carbocycles. The van der Waals surface area contributed by atoms with Crippen LogP contribution in [0, 0.1) is 5.41 Å². The number of carbonyl (C=O) groups excluding carboxylic acids is 3. The zero-order chi connectivity index (χ0) is 30.4. The second-order valence-electron chi connectivity index (χ2n) is 12.5. The molecular formula is C31H47N7O4. The summed E-state index contributed by atoms with van der Waals surface area (Å²) in [5.74, 6) is -0.972. The van der Waals surface area contributed by atoms with Gasteiger partial charge >= 0.3 is 0 Å². The van der Waals surface area contributed by atoms with Crippen LogP contribution in [-0.2, 0) is 20.9 Å². The van der Waals surface area contributed by atoms with E-state index in [0.29, 0.717) is 6.42 Å². The maximum absolute atomic E-state index is 13.8. The van der Waals surface area contributed by atoms with Crippen LogP contribution in [0.2, 0.25) is 0 Å². The molecule has 0 aliphatic carbocycles. The first-order valence-electron chi connectivity index (χ1n) is 15.1. The number of nitrogens with zero attached hydrogens (tertiary/aromatic N) is 4. The van der Waals surface area contributed by atoms with Crippen LogP contribution in [0.3, 0.4) is 0 Å². The molecule has 4 N–H and O–H groups in total. The summed E-state index contributed by atoms with van der Waals surface area (Å²) in [6, 6.07) is 8.27. The lowest BCUT2D eigenvalue weighted by Gasteiger charge is -2.35. The Balaban J connectivity index is 1.55. The van der Waals surface area contributed by atoms with Gasteiger partial charge in [-0.05, 0) is 36.0 Å². The Bertz CT molecular complexity index is 1220. The van der Waals surface area contributed by atoms with Crippen molar-refractivity contribution in [3.05, 3.63) is 42.1 Å². The second-order valence-corrected chi connectivity index (χ2v) is 12.5. The average Bonchev–Trinajstić information content (AvgIpc) is 3.60. The number of likely N-dealkylation sites (tertiary alicyclic amines) is 1. The number of piperazine rings is 1. The molecule has 0 bridgehead atoms. The molecule has 4 atom stereocenters. The third-order valence-corrected chi connectivity index (χ3v) is 8.21. The summed E-state index contributed by atoms with van der Waals surface area (Å²) in [5.41, 5.74) is 2.49. The number of aliphatic hydroxyl groups is 1. The maximum atomic E-state index is 13.8. The second kappa shape index (κ2) is 13.8. The van der Waals surface area contributed by atoms with Crippen molar-refractivity contribution >= 4 is 17.7 Å². The zero-order valence-corrected chi connectivity index (χ0v) is 25.6. The van der Waals surface area contributed by atoms with Gasteiger partial charge in [-0.25, -0.2) is 0 Å². The van der Waals surface area contributed by atoms with Crippen LogP contribution in [0.5, 0.6) is 0 Å². The van der Waals surface area contributed by atoms with E-state index in [1.165, 1.54) is 11.8 Å². The molecule has 4 rings (SSSR count). The van der Waals surface area contributed by atoms with Gasteiger partial charge in [0.1, 0.15) is 12.1 Å². The molecule has 11 nitrogen and oxygen atoms in total. The SMILES string of the molecule is CCn1nccc1-c1ccc([C@H](CCN2CCNCC2)NC(=O)[C@@H]2C[C@@H](O)CN2C(=O)[C@@H](NC(C)=O)C(C)(C)C)cc1. The minimum absolute atomic E-state index is 0.0499. The van der Waals surface area contributed by atoms with Crippen LogP contribution in [0.4, 0.5) is 0 Å². The highest BCUT2D eigenvalue weighted by Crippen LogP contribution is 2.28. The van der Waals surface area contributed by atoms with E-state index in [9.17, 15) is 19.5 Å². The van der Waals surface area contributed by atoms with Crippen LogP contribution in [0.15, 0.2) is 36.5 Å². The topological polar surface area (TPSA) is 132 Å². The monoisotopic (exact) mass is 581 g/mol. The molecule has 2 aliphatic heterocycles. The molecule has 2 aliphatic rings. The van der Waals surface area contributed by atoms with Crippen molar-refractivity contribution in [2.75, 3.05) is 39.3 Å². The fraction of sp³-hybridized carbons (Fsp3) is 0.613. The van der Waals surface area contributed by atoms with Crippen LogP contribution in [0.1, 0.15) is 59.1 Å². The van der Waals surface area contributed by atoms with Crippen LogP contribution in [-0.4, -0.2) is 99.9 Å². The van der Waals surface area contributed by atoms with Gasteiger partial charge < -0.3 is 30.9 Å². The Hall–Kier alpha value is -3.28. The Morgan fingerprint density at radius 1 is 1.10 bits per heavy atom. The summed E-state index contributed by atoms with van der Waals surface area (Å²) in [6.07, 6.45) is 1.84. The molecular weight excluding hydrogens is 534 g/mol. The van der Waals surface area contributed by atoms with Crippen molar-refractivity contribution < 1.29 is 19.5 Å². The van der Waals surface area contributed by atoms with Gasteiger partial charge in [0.05, 0.1) is 17.8 Å². The van der Waals surface area contributed by atoms with Gasteiger partial charge in [0.25, 0.3) is 0 Å². The third-order valence-electron chi connectivity index (χ3n) is 8.21. The Labute approximate surface area is 249 Å². The normalized spacial score (nSPS) is 21.1. The van der Waals surface area contributed by atoms with Gasteiger partial charge in [-0.3, -0.25) is 19.1 Å². The van der Waals surface area contributed by atoms with Crippen molar-refractivity contribution in [2.24, 2.45) is 5.41 Å². The lowest BCUT2D eigenvalue weighted by molar-refractivity contribution is -0.144.